The van der Waals surface area contributed by atoms with Gasteiger partial charge in [0.2, 0.25) is 0 Å². The van der Waals surface area contributed by atoms with Crippen LogP contribution in [-0.2, 0) is 23.1 Å². The molecule has 0 aromatic carbocycles. The summed E-state index contributed by atoms with van der Waals surface area (Å²) in [4.78, 5) is 21.0. The molecule has 31 heavy (non-hydrogen) atoms. The molecule has 0 spiro atoms. The van der Waals surface area contributed by atoms with E-state index >= 15 is 0 Å². The second-order valence-corrected chi connectivity index (χ2v) is 8.61. The van der Waals surface area contributed by atoms with Crippen molar-refractivity contribution in [1.29, 1.82) is 0 Å². The molecule has 0 aliphatic heterocycles. The number of carbonyl (C=O) groups excluding carboxylic acids is 1. The monoisotopic (exact) mass is 485 g/mol. The van der Waals surface area contributed by atoms with Gasteiger partial charge in [-0.2, -0.15) is 5.10 Å². The highest BCUT2D eigenvalue weighted by atomic mass is 79.9. The van der Waals surface area contributed by atoms with E-state index in [1.54, 1.807) is 28.0 Å². The number of esters is 1. The van der Waals surface area contributed by atoms with Gasteiger partial charge in [0.15, 0.2) is 17.3 Å². The third kappa shape index (κ3) is 4.85. The molecule has 0 aliphatic carbocycles. The van der Waals surface area contributed by atoms with Gasteiger partial charge in [-0.1, -0.05) is 5.21 Å². The average molecular weight is 486 g/mol. The zero-order valence-corrected chi connectivity index (χ0v) is 19.0. The van der Waals surface area contributed by atoms with Gasteiger partial charge >= 0.3 is 5.97 Å². The number of hydrogen-bond donors (Lipinski definition) is 0. The number of rotatable bonds is 5. The highest BCUT2D eigenvalue weighted by Crippen LogP contribution is 2.24. The van der Waals surface area contributed by atoms with Crippen LogP contribution in [0.15, 0.2) is 41.5 Å². The predicted octanol–water partition coefficient (Wildman–Crippen LogP) is 2.43. The number of halogens is 1. The van der Waals surface area contributed by atoms with Gasteiger partial charge in [0.05, 0.1) is 29.8 Å². The molecule has 0 radical (unpaired) electrons. The molecule has 4 aromatic heterocycles. The van der Waals surface area contributed by atoms with Crippen molar-refractivity contribution in [1.82, 2.24) is 44.5 Å². The lowest BCUT2D eigenvalue weighted by Crippen LogP contribution is -2.26. The van der Waals surface area contributed by atoms with Crippen molar-refractivity contribution < 1.29 is 9.53 Å². The number of ether oxygens (including phenoxy) is 1. The molecule has 4 rings (SSSR count). The van der Waals surface area contributed by atoms with Crippen molar-refractivity contribution in [3.05, 3.63) is 41.5 Å². The number of hydrogen-bond acceptors (Lipinski definition) is 8. The summed E-state index contributed by atoms with van der Waals surface area (Å²) in [6.45, 7) is 5.37. The van der Waals surface area contributed by atoms with E-state index in [4.69, 9.17) is 4.74 Å². The fourth-order valence-corrected chi connectivity index (χ4v) is 3.03. The van der Waals surface area contributed by atoms with E-state index in [-0.39, 0.29) is 6.54 Å². The van der Waals surface area contributed by atoms with Gasteiger partial charge in [0.1, 0.15) is 16.7 Å². The first kappa shape index (κ1) is 20.8. The van der Waals surface area contributed by atoms with E-state index in [9.17, 15) is 4.79 Å². The van der Waals surface area contributed by atoms with Crippen LogP contribution in [0.3, 0.4) is 0 Å². The SMILES string of the molecule is Cn1cc(-c2nc(-c3cn(CC(=O)OC(C)(C)C)nn3)n(-c3ccc(Br)nc3)n2)cn1. The molecule has 0 saturated heterocycles. The molecule has 0 bridgehead atoms. The van der Waals surface area contributed by atoms with Crippen molar-refractivity contribution >= 4 is 21.9 Å². The Balaban J connectivity index is 1.70. The van der Waals surface area contributed by atoms with Crippen LogP contribution in [0.5, 0.6) is 0 Å². The minimum absolute atomic E-state index is 0.0618. The lowest BCUT2D eigenvalue weighted by atomic mass is 10.2. The number of carbonyl (C=O) groups is 1. The smallest absolute Gasteiger partial charge is 0.328 e. The Bertz CT molecular complexity index is 1220. The largest absolute Gasteiger partial charge is 0.459 e. The van der Waals surface area contributed by atoms with Gasteiger partial charge in [-0.15, -0.1) is 10.2 Å². The molecule has 4 aromatic rings. The molecule has 0 N–H and O–H groups in total. The van der Waals surface area contributed by atoms with Crippen LogP contribution in [0.2, 0.25) is 0 Å². The van der Waals surface area contributed by atoms with E-state index < -0.39 is 11.6 Å². The summed E-state index contributed by atoms with van der Waals surface area (Å²) in [6, 6.07) is 3.66. The lowest BCUT2D eigenvalue weighted by molar-refractivity contribution is -0.155. The fraction of sp³-hybridized carbons (Fsp3) is 0.316. The van der Waals surface area contributed by atoms with Crippen molar-refractivity contribution in [2.24, 2.45) is 7.05 Å². The minimum Gasteiger partial charge on any atom is -0.459 e. The molecular weight excluding hydrogens is 466 g/mol. The molecular formula is C19H20BrN9O2. The molecule has 11 nitrogen and oxygen atoms in total. The summed E-state index contributed by atoms with van der Waals surface area (Å²) in [6.07, 6.45) is 6.80. The standard InChI is InChI=1S/C19H20BrN9O2/c1-19(2,3)31-16(30)11-28-10-14(24-26-28)18-23-17(12-7-22-27(4)9-12)25-29(18)13-5-6-15(20)21-8-13/h5-10H,11H2,1-4H3. The maximum Gasteiger partial charge on any atom is 0.328 e. The van der Waals surface area contributed by atoms with Crippen LogP contribution >= 0.6 is 15.9 Å². The van der Waals surface area contributed by atoms with Crippen LogP contribution in [0.25, 0.3) is 28.6 Å². The summed E-state index contributed by atoms with van der Waals surface area (Å²) >= 11 is 3.34. The van der Waals surface area contributed by atoms with Gasteiger partial charge in [0, 0.05) is 13.2 Å². The lowest BCUT2D eigenvalue weighted by Gasteiger charge is -2.19. The third-order valence-electron chi connectivity index (χ3n) is 4.01. The average Bonchev–Trinajstić information content (AvgIpc) is 3.40. The summed E-state index contributed by atoms with van der Waals surface area (Å²) in [7, 11) is 1.82. The van der Waals surface area contributed by atoms with Gasteiger partial charge in [-0.05, 0) is 48.8 Å². The Morgan fingerprint density at radius 2 is 2.00 bits per heavy atom. The van der Waals surface area contributed by atoms with Crippen molar-refractivity contribution in [3.63, 3.8) is 0 Å². The first-order valence-electron chi connectivity index (χ1n) is 9.38. The van der Waals surface area contributed by atoms with E-state index in [0.717, 1.165) is 5.56 Å². The molecule has 0 fully saturated rings. The molecule has 12 heteroatoms. The van der Waals surface area contributed by atoms with Gasteiger partial charge < -0.3 is 4.74 Å². The van der Waals surface area contributed by atoms with E-state index in [1.807, 2.05) is 46.1 Å². The zero-order chi connectivity index (χ0) is 22.2. The number of nitrogens with zero attached hydrogens (tertiary/aromatic N) is 9. The third-order valence-corrected chi connectivity index (χ3v) is 4.47. The van der Waals surface area contributed by atoms with Crippen molar-refractivity contribution in [2.75, 3.05) is 0 Å². The molecule has 4 heterocycles. The molecule has 160 valence electrons. The Hall–Kier alpha value is -3.41. The molecule has 0 unspecified atom stereocenters. The summed E-state index contributed by atoms with van der Waals surface area (Å²) in [5.41, 5.74) is 1.33. The Kier molecular flexibility index (Phi) is 5.39. The maximum absolute atomic E-state index is 12.1. The van der Waals surface area contributed by atoms with Crippen molar-refractivity contribution in [3.8, 4) is 28.6 Å². The highest BCUT2D eigenvalue weighted by Gasteiger charge is 2.21. The zero-order valence-electron chi connectivity index (χ0n) is 17.4. The van der Waals surface area contributed by atoms with Gasteiger partial charge in [-0.3, -0.25) is 9.48 Å². The van der Waals surface area contributed by atoms with Gasteiger partial charge in [0.25, 0.3) is 0 Å². The quantitative estimate of drug-likeness (QED) is 0.312. The van der Waals surface area contributed by atoms with Gasteiger partial charge in [-0.25, -0.2) is 19.3 Å². The van der Waals surface area contributed by atoms with Crippen LogP contribution in [-0.4, -0.2) is 56.1 Å². The molecule has 0 aliphatic rings. The second-order valence-electron chi connectivity index (χ2n) is 7.80. The van der Waals surface area contributed by atoms with E-state index in [2.05, 4.69) is 46.4 Å². The van der Waals surface area contributed by atoms with Crippen LogP contribution in [0.1, 0.15) is 20.8 Å². The maximum atomic E-state index is 12.1. The Morgan fingerprint density at radius 1 is 1.19 bits per heavy atom. The summed E-state index contributed by atoms with van der Waals surface area (Å²) in [5, 5.41) is 17.0. The first-order valence-corrected chi connectivity index (χ1v) is 10.2. The molecule has 0 amide bonds. The summed E-state index contributed by atoms with van der Waals surface area (Å²) < 4.78 is 10.8. The normalized spacial score (nSPS) is 11.6. The van der Waals surface area contributed by atoms with E-state index in [1.165, 1.54) is 4.68 Å². The number of pyridine rings is 1. The molecule has 0 atom stereocenters. The topological polar surface area (TPSA) is 118 Å². The van der Waals surface area contributed by atoms with Crippen LogP contribution in [0, 0.1) is 0 Å². The first-order chi connectivity index (χ1) is 14.7. The fourth-order valence-electron chi connectivity index (χ4n) is 2.79. The Morgan fingerprint density at radius 3 is 2.65 bits per heavy atom. The number of aryl methyl sites for hydroxylation is 1. The second kappa shape index (κ2) is 8.02. The highest BCUT2D eigenvalue weighted by molar-refractivity contribution is 9.10. The van der Waals surface area contributed by atoms with Crippen LogP contribution < -0.4 is 0 Å². The minimum atomic E-state index is -0.576. The van der Waals surface area contributed by atoms with Crippen LogP contribution in [0.4, 0.5) is 0 Å². The van der Waals surface area contributed by atoms with E-state index in [0.29, 0.717) is 27.6 Å². The molecule has 0 saturated carbocycles. The number of aromatic nitrogens is 9. The Labute approximate surface area is 186 Å². The summed E-state index contributed by atoms with van der Waals surface area (Å²) in [5.74, 6) is 0.532. The van der Waals surface area contributed by atoms with Crippen molar-refractivity contribution in [2.45, 2.75) is 32.9 Å². The predicted molar refractivity (Wildman–Crippen MR) is 114 cm³/mol.